The quantitative estimate of drug-likeness (QED) is 0.156. The van der Waals surface area contributed by atoms with Gasteiger partial charge >= 0.3 is 0 Å². The molecule has 0 unspecified atom stereocenters. The molecule has 3 heteroatoms. The minimum atomic E-state index is 1.07. The standard InChI is InChI=1S/C49H39N3/c1-37-17-29-46(30-18-37)51(44-13-7-3-8-14-44)47-33-23-40(24-34-47)41-25-35-49(36-26-41)52(45-15-9-4-10-16-45)48-31-21-39(22-32-48)38-19-27-43(28-20-38)50-42-11-5-2-6-12-42/h2-36,50H,1H3. The largest absolute Gasteiger partial charge is 0.356 e. The Bertz CT molecular complexity index is 2320. The van der Waals surface area contributed by atoms with Gasteiger partial charge in [-0.1, -0.05) is 121 Å². The molecule has 0 atom stereocenters. The summed E-state index contributed by atoms with van der Waals surface area (Å²) in [6.07, 6.45) is 0. The van der Waals surface area contributed by atoms with E-state index in [-0.39, 0.29) is 0 Å². The molecule has 52 heavy (non-hydrogen) atoms. The Balaban J connectivity index is 1.04. The van der Waals surface area contributed by atoms with Gasteiger partial charge in [0.25, 0.3) is 0 Å². The minimum Gasteiger partial charge on any atom is -0.356 e. The molecule has 250 valence electrons. The molecule has 0 saturated carbocycles. The molecule has 0 amide bonds. The first-order valence-corrected chi connectivity index (χ1v) is 17.7. The highest BCUT2D eigenvalue weighted by atomic mass is 15.1. The van der Waals surface area contributed by atoms with E-state index >= 15 is 0 Å². The molecule has 1 N–H and O–H groups in total. The molecule has 0 saturated heterocycles. The van der Waals surface area contributed by atoms with Gasteiger partial charge in [0.15, 0.2) is 0 Å². The van der Waals surface area contributed by atoms with Crippen LogP contribution in [0.1, 0.15) is 5.56 Å². The van der Waals surface area contributed by atoms with Crippen molar-refractivity contribution >= 4 is 45.5 Å². The van der Waals surface area contributed by atoms with Crippen LogP contribution in [0.25, 0.3) is 22.3 Å². The van der Waals surface area contributed by atoms with E-state index < -0.39 is 0 Å². The Labute approximate surface area is 306 Å². The van der Waals surface area contributed by atoms with Gasteiger partial charge in [0.1, 0.15) is 0 Å². The molecule has 0 radical (unpaired) electrons. The maximum atomic E-state index is 3.47. The lowest BCUT2D eigenvalue weighted by Gasteiger charge is -2.26. The van der Waals surface area contributed by atoms with Crippen LogP contribution in [0, 0.1) is 6.92 Å². The third-order valence-electron chi connectivity index (χ3n) is 9.31. The van der Waals surface area contributed by atoms with Crippen LogP contribution in [-0.2, 0) is 0 Å². The van der Waals surface area contributed by atoms with Crippen LogP contribution in [0.3, 0.4) is 0 Å². The van der Waals surface area contributed by atoms with Crippen molar-refractivity contribution in [2.75, 3.05) is 15.1 Å². The molecule has 0 aliphatic carbocycles. The summed E-state index contributed by atoms with van der Waals surface area (Å²) in [4.78, 5) is 4.61. The molecular weight excluding hydrogens is 631 g/mol. The molecule has 8 aromatic carbocycles. The van der Waals surface area contributed by atoms with E-state index in [0.29, 0.717) is 0 Å². The van der Waals surface area contributed by atoms with E-state index in [1.165, 1.54) is 27.8 Å². The fraction of sp³-hybridized carbons (Fsp3) is 0.0204. The van der Waals surface area contributed by atoms with Gasteiger partial charge in [0.05, 0.1) is 0 Å². The Hall–Kier alpha value is -6.84. The SMILES string of the molecule is Cc1ccc(N(c2ccccc2)c2ccc(-c3ccc(N(c4ccccc4)c4ccc(-c5ccc(Nc6ccccc6)cc5)cc4)cc3)cc2)cc1. The van der Waals surface area contributed by atoms with Crippen LogP contribution >= 0.6 is 0 Å². The summed E-state index contributed by atoms with van der Waals surface area (Å²) in [6, 6.07) is 75.2. The first-order valence-electron chi connectivity index (χ1n) is 17.7. The summed E-state index contributed by atoms with van der Waals surface area (Å²) in [7, 11) is 0. The predicted molar refractivity (Wildman–Crippen MR) is 221 cm³/mol. The summed E-state index contributed by atoms with van der Waals surface area (Å²) in [5.41, 5.74) is 14.8. The summed E-state index contributed by atoms with van der Waals surface area (Å²) >= 11 is 0. The van der Waals surface area contributed by atoms with E-state index in [1.54, 1.807) is 0 Å². The van der Waals surface area contributed by atoms with Gasteiger partial charge in [-0.2, -0.15) is 0 Å². The number of para-hydroxylation sites is 3. The fourth-order valence-corrected chi connectivity index (χ4v) is 6.59. The van der Waals surface area contributed by atoms with Gasteiger partial charge in [-0.25, -0.2) is 0 Å². The second kappa shape index (κ2) is 15.0. The van der Waals surface area contributed by atoms with E-state index in [4.69, 9.17) is 0 Å². The lowest BCUT2D eigenvalue weighted by atomic mass is 10.0. The van der Waals surface area contributed by atoms with Gasteiger partial charge in [0.2, 0.25) is 0 Å². The summed E-state index contributed by atoms with van der Waals surface area (Å²) < 4.78 is 0. The van der Waals surface area contributed by atoms with Crippen molar-refractivity contribution < 1.29 is 0 Å². The van der Waals surface area contributed by atoms with E-state index in [2.05, 4.69) is 216 Å². The molecule has 8 rings (SSSR count). The number of nitrogens with one attached hydrogen (secondary N) is 1. The molecular formula is C49H39N3. The number of hydrogen-bond acceptors (Lipinski definition) is 3. The molecule has 0 aliphatic heterocycles. The number of rotatable bonds is 10. The molecule has 8 aromatic rings. The molecule has 0 heterocycles. The first-order chi connectivity index (χ1) is 25.7. The fourth-order valence-electron chi connectivity index (χ4n) is 6.59. The second-order valence-corrected chi connectivity index (χ2v) is 12.9. The van der Waals surface area contributed by atoms with Crippen molar-refractivity contribution in [3.05, 3.63) is 218 Å². The first kappa shape index (κ1) is 32.4. The number of anilines is 8. The highest BCUT2D eigenvalue weighted by Crippen LogP contribution is 2.38. The van der Waals surface area contributed by atoms with Gasteiger partial charge in [-0.3, -0.25) is 0 Å². The van der Waals surface area contributed by atoms with Crippen LogP contribution in [0.4, 0.5) is 45.5 Å². The van der Waals surface area contributed by atoms with Crippen LogP contribution in [0.15, 0.2) is 212 Å². The zero-order valence-corrected chi connectivity index (χ0v) is 29.1. The van der Waals surface area contributed by atoms with E-state index in [9.17, 15) is 0 Å². The third-order valence-corrected chi connectivity index (χ3v) is 9.31. The maximum absolute atomic E-state index is 3.47. The van der Waals surface area contributed by atoms with E-state index in [1.807, 2.05) is 18.2 Å². The van der Waals surface area contributed by atoms with Crippen molar-refractivity contribution in [2.24, 2.45) is 0 Å². The summed E-state index contributed by atoms with van der Waals surface area (Å²) in [5, 5.41) is 3.47. The van der Waals surface area contributed by atoms with Gasteiger partial charge < -0.3 is 15.1 Å². The molecule has 3 nitrogen and oxygen atoms in total. The van der Waals surface area contributed by atoms with Gasteiger partial charge in [-0.15, -0.1) is 0 Å². The van der Waals surface area contributed by atoms with Crippen molar-refractivity contribution in [2.45, 2.75) is 6.92 Å². The number of aryl methyl sites for hydroxylation is 1. The van der Waals surface area contributed by atoms with E-state index in [0.717, 1.165) is 45.5 Å². The molecule has 0 aliphatic rings. The minimum absolute atomic E-state index is 1.07. The average molecular weight is 670 g/mol. The Kier molecular flexibility index (Phi) is 9.31. The topological polar surface area (TPSA) is 18.5 Å². The number of hydrogen-bond donors (Lipinski definition) is 1. The summed E-state index contributed by atoms with van der Waals surface area (Å²) in [6.45, 7) is 2.12. The predicted octanol–water partition coefficient (Wildman–Crippen LogP) is 14.0. The Morgan fingerprint density at radius 3 is 0.904 bits per heavy atom. The lowest BCUT2D eigenvalue weighted by Crippen LogP contribution is -2.10. The van der Waals surface area contributed by atoms with Crippen LogP contribution in [0.2, 0.25) is 0 Å². The molecule has 0 aromatic heterocycles. The van der Waals surface area contributed by atoms with Crippen LogP contribution in [0.5, 0.6) is 0 Å². The maximum Gasteiger partial charge on any atom is 0.0462 e. The number of nitrogens with zero attached hydrogens (tertiary/aromatic N) is 2. The average Bonchev–Trinajstić information content (AvgIpc) is 3.21. The highest BCUT2D eigenvalue weighted by Gasteiger charge is 2.15. The lowest BCUT2D eigenvalue weighted by molar-refractivity contribution is 1.27. The summed E-state index contributed by atoms with van der Waals surface area (Å²) in [5.74, 6) is 0. The van der Waals surface area contributed by atoms with Crippen molar-refractivity contribution in [3.8, 4) is 22.3 Å². The van der Waals surface area contributed by atoms with Gasteiger partial charge in [0, 0.05) is 45.5 Å². The third kappa shape index (κ3) is 7.21. The highest BCUT2D eigenvalue weighted by molar-refractivity contribution is 5.81. The Morgan fingerprint density at radius 2 is 0.538 bits per heavy atom. The smallest absolute Gasteiger partial charge is 0.0462 e. The van der Waals surface area contributed by atoms with Crippen LogP contribution in [-0.4, -0.2) is 0 Å². The normalized spacial score (nSPS) is 10.8. The Morgan fingerprint density at radius 1 is 0.269 bits per heavy atom. The monoisotopic (exact) mass is 669 g/mol. The van der Waals surface area contributed by atoms with Gasteiger partial charge in [-0.05, 0) is 126 Å². The molecule has 0 spiro atoms. The van der Waals surface area contributed by atoms with Crippen molar-refractivity contribution in [3.63, 3.8) is 0 Å². The molecule has 0 bridgehead atoms. The number of benzene rings is 8. The van der Waals surface area contributed by atoms with Crippen molar-refractivity contribution in [1.29, 1.82) is 0 Å². The van der Waals surface area contributed by atoms with Crippen molar-refractivity contribution in [1.82, 2.24) is 0 Å². The van der Waals surface area contributed by atoms with Crippen LogP contribution < -0.4 is 15.1 Å². The zero-order valence-electron chi connectivity index (χ0n) is 29.1. The zero-order chi connectivity index (χ0) is 35.1. The molecule has 0 fully saturated rings. The second-order valence-electron chi connectivity index (χ2n) is 12.9.